The quantitative estimate of drug-likeness (QED) is 0.446. The average Bonchev–Trinajstić information content (AvgIpc) is 2.31. The smallest absolute Gasteiger partial charge is 0.321 e. The Hall–Kier alpha value is -2.12. The number of carboxylic acids is 1. The molecular weight excluding hydrogens is 242 g/mol. The lowest BCUT2D eigenvalue weighted by Gasteiger charge is -2.05. The van der Waals surface area contributed by atoms with Crippen LogP contribution >= 0.6 is 0 Å². The highest BCUT2D eigenvalue weighted by Crippen LogP contribution is 1.99. The monoisotopic (exact) mass is 259 g/mol. The highest BCUT2D eigenvalue weighted by atomic mass is 16.4. The molecule has 18 heavy (non-hydrogen) atoms. The Morgan fingerprint density at radius 1 is 1.00 bits per heavy atom. The minimum absolute atomic E-state index is 0.00382. The summed E-state index contributed by atoms with van der Waals surface area (Å²) in [6.45, 7) is -0.214. The molecule has 102 valence electrons. The van der Waals surface area contributed by atoms with Crippen LogP contribution in [0.15, 0.2) is 0 Å². The molecule has 0 rings (SSSR count). The molecule has 0 saturated carbocycles. The van der Waals surface area contributed by atoms with Crippen molar-refractivity contribution in [1.82, 2.24) is 16.0 Å². The fourth-order valence-corrected chi connectivity index (χ4v) is 1.04. The van der Waals surface area contributed by atoms with Crippen LogP contribution in [0.2, 0.25) is 0 Å². The summed E-state index contributed by atoms with van der Waals surface area (Å²) in [5.74, 6) is -1.80. The number of hydrogen-bond donors (Lipinski definition) is 4. The van der Waals surface area contributed by atoms with E-state index in [9.17, 15) is 19.2 Å². The van der Waals surface area contributed by atoms with E-state index in [0.29, 0.717) is 12.8 Å². The van der Waals surface area contributed by atoms with E-state index in [1.165, 1.54) is 7.05 Å². The molecule has 0 aromatic carbocycles. The first-order valence-corrected chi connectivity index (χ1v) is 5.45. The van der Waals surface area contributed by atoms with Gasteiger partial charge in [0.25, 0.3) is 0 Å². The third-order valence-electron chi connectivity index (χ3n) is 1.99. The van der Waals surface area contributed by atoms with E-state index in [2.05, 4.69) is 10.6 Å². The Labute approximate surface area is 104 Å². The van der Waals surface area contributed by atoms with Gasteiger partial charge in [-0.3, -0.25) is 19.7 Å². The molecule has 0 radical (unpaired) electrons. The van der Waals surface area contributed by atoms with Gasteiger partial charge < -0.3 is 15.7 Å². The average molecular weight is 259 g/mol. The van der Waals surface area contributed by atoms with Crippen LogP contribution in [0.3, 0.4) is 0 Å². The van der Waals surface area contributed by atoms with Crippen LogP contribution < -0.4 is 16.0 Å². The van der Waals surface area contributed by atoms with Gasteiger partial charge in [-0.1, -0.05) is 0 Å². The predicted octanol–water partition coefficient (Wildman–Crippen LogP) is -0.797. The van der Waals surface area contributed by atoms with Gasteiger partial charge in [0.15, 0.2) is 0 Å². The van der Waals surface area contributed by atoms with Crippen molar-refractivity contribution >= 4 is 23.8 Å². The molecule has 0 unspecified atom stereocenters. The first kappa shape index (κ1) is 15.9. The highest BCUT2D eigenvalue weighted by Gasteiger charge is 2.08. The molecule has 0 fully saturated rings. The van der Waals surface area contributed by atoms with Crippen LogP contribution in [-0.4, -0.2) is 42.5 Å². The molecule has 0 aromatic rings. The zero-order chi connectivity index (χ0) is 14.0. The maximum absolute atomic E-state index is 11.2. The van der Waals surface area contributed by atoms with E-state index >= 15 is 0 Å². The van der Waals surface area contributed by atoms with Gasteiger partial charge in [0.2, 0.25) is 11.8 Å². The molecule has 0 spiro atoms. The number of carboxylic acid groups (broad SMARTS) is 1. The third-order valence-corrected chi connectivity index (χ3v) is 1.99. The molecule has 4 N–H and O–H groups in total. The van der Waals surface area contributed by atoms with Gasteiger partial charge in [0.1, 0.15) is 0 Å². The first-order chi connectivity index (χ1) is 8.45. The van der Waals surface area contributed by atoms with Gasteiger partial charge in [0, 0.05) is 19.9 Å². The van der Waals surface area contributed by atoms with Crippen LogP contribution in [0.5, 0.6) is 0 Å². The Morgan fingerprint density at radius 2 is 1.61 bits per heavy atom. The van der Waals surface area contributed by atoms with E-state index in [1.807, 2.05) is 5.32 Å². The van der Waals surface area contributed by atoms with Gasteiger partial charge >= 0.3 is 12.0 Å². The summed E-state index contributed by atoms with van der Waals surface area (Å²) in [6.07, 6.45) is 0.834. The molecular formula is C10H17N3O5. The second kappa shape index (κ2) is 8.97. The standard InChI is InChI=1S/C10H17N3O5/c1-11-8(15)6-12-10(18)13-7(14)4-2-3-5-9(16)17/h2-6H2,1H3,(H,11,15)(H,16,17)(H2,12,13,14,18). The minimum Gasteiger partial charge on any atom is -0.481 e. The van der Waals surface area contributed by atoms with E-state index in [1.54, 1.807) is 0 Å². The Bertz CT molecular complexity index is 329. The van der Waals surface area contributed by atoms with Crippen LogP contribution in [0.1, 0.15) is 25.7 Å². The van der Waals surface area contributed by atoms with E-state index in [0.717, 1.165) is 0 Å². The second-order valence-electron chi connectivity index (χ2n) is 3.50. The van der Waals surface area contributed by atoms with Crippen LogP contribution in [0, 0.1) is 0 Å². The number of amides is 4. The highest BCUT2D eigenvalue weighted by molar-refractivity contribution is 5.95. The Balaban J connectivity index is 3.64. The summed E-state index contributed by atoms with van der Waals surface area (Å²) in [7, 11) is 1.43. The molecule has 0 aliphatic carbocycles. The van der Waals surface area contributed by atoms with Crippen molar-refractivity contribution in [3.05, 3.63) is 0 Å². The van der Waals surface area contributed by atoms with Gasteiger partial charge in [-0.05, 0) is 12.8 Å². The predicted molar refractivity (Wildman–Crippen MR) is 61.7 cm³/mol. The van der Waals surface area contributed by atoms with Crippen molar-refractivity contribution in [2.75, 3.05) is 13.6 Å². The topological polar surface area (TPSA) is 125 Å². The molecule has 4 amide bonds. The number of carbonyl (C=O) groups is 4. The first-order valence-electron chi connectivity index (χ1n) is 5.45. The van der Waals surface area contributed by atoms with Crippen LogP contribution in [0.4, 0.5) is 4.79 Å². The zero-order valence-corrected chi connectivity index (χ0v) is 10.1. The normalized spacial score (nSPS) is 9.39. The molecule has 0 bridgehead atoms. The van der Waals surface area contributed by atoms with Crippen molar-refractivity contribution in [2.45, 2.75) is 25.7 Å². The minimum atomic E-state index is -0.918. The molecule has 0 heterocycles. The number of carbonyl (C=O) groups excluding carboxylic acids is 3. The van der Waals surface area contributed by atoms with Crippen LogP contribution in [-0.2, 0) is 14.4 Å². The molecule has 0 atom stereocenters. The molecule has 0 aliphatic heterocycles. The lowest BCUT2D eigenvalue weighted by atomic mass is 10.2. The summed E-state index contributed by atoms with van der Waals surface area (Å²) in [4.78, 5) is 43.3. The van der Waals surface area contributed by atoms with E-state index < -0.39 is 17.9 Å². The number of aliphatic carboxylic acids is 1. The largest absolute Gasteiger partial charge is 0.481 e. The Kier molecular flexibility index (Phi) is 7.91. The van der Waals surface area contributed by atoms with Crippen molar-refractivity contribution in [3.8, 4) is 0 Å². The lowest BCUT2D eigenvalue weighted by Crippen LogP contribution is -2.43. The number of rotatable bonds is 7. The molecule has 8 heteroatoms. The number of nitrogens with one attached hydrogen (secondary N) is 3. The summed E-state index contributed by atoms with van der Waals surface area (Å²) in [5, 5.41) is 14.9. The van der Waals surface area contributed by atoms with Gasteiger partial charge in [-0.25, -0.2) is 4.79 Å². The van der Waals surface area contributed by atoms with Crippen molar-refractivity contribution in [1.29, 1.82) is 0 Å². The number of likely N-dealkylation sites (N-methyl/N-ethyl adjacent to an activating group) is 1. The zero-order valence-electron chi connectivity index (χ0n) is 10.1. The second-order valence-corrected chi connectivity index (χ2v) is 3.50. The SMILES string of the molecule is CNC(=O)CNC(=O)NC(=O)CCCCC(=O)O. The summed E-state index contributed by atoms with van der Waals surface area (Å²) in [6, 6.07) is -0.748. The van der Waals surface area contributed by atoms with Crippen LogP contribution in [0.25, 0.3) is 0 Å². The van der Waals surface area contributed by atoms with Gasteiger partial charge in [0.05, 0.1) is 6.54 Å². The van der Waals surface area contributed by atoms with Crippen molar-refractivity contribution in [2.24, 2.45) is 0 Å². The molecule has 0 saturated heterocycles. The van der Waals surface area contributed by atoms with Crippen molar-refractivity contribution in [3.63, 3.8) is 0 Å². The molecule has 0 aromatic heterocycles. The molecule has 8 nitrogen and oxygen atoms in total. The number of urea groups is 1. The number of hydrogen-bond acceptors (Lipinski definition) is 4. The molecule has 0 aliphatic rings. The lowest BCUT2D eigenvalue weighted by molar-refractivity contribution is -0.137. The fourth-order valence-electron chi connectivity index (χ4n) is 1.04. The summed E-state index contributed by atoms with van der Waals surface area (Å²) >= 11 is 0. The summed E-state index contributed by atoms with van der Waals surface area (Å²) < 4.78 is 0. The number of imide groups is 1. The fraction of sp³-hybridized carbons (Fsp3) is 0.600. The van der Waals surface area contributed by atoms with E-state index in [-0.39, 0.29) is 25.3 Å². The maximum Gasteiger partial charge on any atom is 0.321 e. The van der Waals surface area contributed by atoms with Gasteiger partial charge in [-0.2, -0.15) is 0 Å². The third kappa shape index (κ3) is 9.13. The number of unbranched alkanes of at least 4 members (excludes halogenated alkanes) is 1. The Morgan fingerprint density at radius 3 is 2.17 bits per heavy atom. The summed E-state index contributed by atoms with van der Waals surface area (Å²) in [5.41, 5.74) is 0. The van der Waals surface area contributed by atoms with Crippen molar-refractivity contribution < 1.29 is 24.3 Å². The maximum atomic E-state index is 11.2. The van der Waals surface area contributed by atoms with Gasteiger partial charge in [-0.15, -0.1) is 0 Å². The van der Waals surface area contributed by atoms with E-state index in [4.69, 9.17) is 5.11 Å².